The van der Waals surface area contributed by atoms with Gasteiger partial charge in [-0.05, 0) is 5.56 Å². The number of nitriles is 1. The van der Waals surface area contributed by atoms with Gasteiger partial charge < -0.3 is 0 Å². The predicted octanol–water partition coefficient (Wildman–Crippen LogP) is 1.94. The Bertz CT molecular complexity index is 589. The van der Waals surface area contributed by atoms with Crippen LogP contribution in [0.2, 0.25) is 0 Å². The Morgan fingerprint density at radius 2 is 1.86 bits per heavy atom. The average Bonchev–Trinajstić information content (AvgIpc) is 2.43. The minimum Gasteiger partial charge on any atom is -0.289 e. The maximum atomic E-state index is 12.3. The highest BCUT2D eigenvalue weighted by atomic mass is 19.4. The lowest BCUT2D eigenvalue weighted by molar-refractivity contribution is -0.169. The van der Waals surface area contributed by atoms with Crippen LogP contribution < -0.4 is 5.43 Å². The van der Waals surface area contributed by atoms with Crippen molar-refractivity contribution in [1.29, 1.82) is 5.26 Å². The van der Waals surface area contributed by atoms with Gasteiger partial charge in [-0.1, -0.05) is 30.3 Å². The van der Waals surface area contributed by atoms with Gasteiger partial charge in [-0.3, -0.25) is 9.59 Å². The number of Topliss-reactive ketones (excluding diaryl/α,β-unsaturated/α-hetero) is 1. The number of benzene rings is 1. The van der Waals surface area contributed by atoms with Crippen LogP contribution in [0.5, 0.6) is 0 Å². The number of carbonyl (C=O) groups is 2. The second kappa shape index (κ2) is 7.19. The van der Waals surface area contributed by atoms with Crippen LogP contribution >= 0.6 is 0 Å². The zero-order valence-electron chi connectivity index (χ0n) is 10.6. The van der Waals surface area contributed by atoms with Crippen molar-refractivity contribution in [2.75, 3.05) is 0 Å². The Balaban J connectivity index is 2.96. The van der Waals surface area contributed by atoms with Gasteiger partial charge >= 0.3 is 6.18 Å². The number of hydrazone groups is 1. The molecular weight excluding hydrogens is 287 g/mol. The van der Waals surface area contributed by atoms with Crippen LogP contribution in [0, 0.1) is 11.3 Å². The summed E-state index contributed by atoms with van der Waals surface area (Å²) in [6.45, 7) is 0. The summed E-state index contributed by atoms with van der Waals surface area (Å²) in [4.78, 5) is 22.2. The first-order chi connectivity index (χ1) is 9.84. The smallest absolute Gasteiger partial charge is 0.289 e. The summed E-state index contributed by atoms with van der Waals surface area (Å²) in [6, 6.07) is 9.23. The number of nitrogens with zero attached hydrogens (tertiary/aromatic N) is 2. The number of ketones is 1. The zero-order chi connectivity index (χ0) is 15.9. The lowest BCUT2D eigenvalue weighted by Crippen LogP contribution is -2.27. The highest BCUT2D eigenvalue weighted by Crippen LogP contribution is 2.19. The molecule has 0 fully saturated rings. The monoisotopic (exact) mass is 297 g/mol. The summed E-state index contributed by atoms with van der Waals surface area (Å²) in [6.07, 6.45) is -6.47. The number of hydrogen-bond acceptors (Lipinski definition) is 4. The first-order valence-electron chi connectivity index (χ1n) is 5.72. The second-order valence-electron chi connectivity index (χ2n) is 3.89. The molecule has 0 aromatic heterocycles. The highest BCUT2D eigenvalue weighted by Gasteiger charge is 2.38. The van der Waals surface area contributed by atoms with Crippen LogP contribution in [0.1, 0.15) is 18.4 Å². The minimum atomic E-state index is -4.98. The third-order valence-electron chi connectivity index (χ3n) is 2.31. The molecule has 0 aliphatic carbocycles. The third kappa shape index (κ3) is 5.44. The zero-order valence-corrected chi connectivity index (χ0v) is 10.6. The molecule has 0 bridgehead atoms. The molecule has 0 radical (unpaired) electrons. The number of alkyl halides is 3. The first kappa shape index (κ1) is 16.4. The standard InChI is InChI=1S/C13H10F3N3O2/c14-13(15,16)11(20)8-10(9-4-2-1-3-5-9)18-19-12(21)6-7-17/h1-5H,6,8H2,(H,19,21). The fourth-order valence-electron chi connectivity index (χ4n) is 1.33. The van der Waals surface area contributed by atoms with Gasteiger partial charge in [-0.2, -0.15) is 23.5 Å². The van der Waals surface area contributed by atoms with Crippen molar-refractivity contribution in [1.82, 2.24) is 5.43 Å². The van der Waals surface area contributed by atoms with Gasteiger partial charge in [0.15, 0.2) is 0 Å². The molecule has 1 rings (SSSR count). The maximum Gasteiger partial charge on any atom is 0.450 e. The Morgan fingerprint density at radius 3 is 2.38 bits per heavy atom. The number of carbonyl (C=O) groups excluding carboxylic acids is 2. The number of rotatable bonds is 5. The number of amides is 1. The van der Waals surface area contributed by atoms with Crippen LogP contribution in [0.25, 0.3) is 0 Å². The molecule has 1 amide bonds. The van der Waals surface area contributed by atoms with Gasteiger partial charge in [-0.25, -0.2) is 5.43 Å². The van der Waals surface area contributed by atoms with E-state index < -0.39 is 30.7 Å². The summed E-state index contributed by atoms with van der Waals surface area (Å²) in [5.41, 5.74) is 1.98. The van der Waals surface area contributed by atoms with Crippen molar-refractivity contribution in [3.63, 3.8) is 0 Å². The second-order valence-corrected chi connectivity index (χ2v) is 3.89. The molecule has 0 atom stereocenters. The molecule has 21 heavy (non-hydrogen) atoms. The van der Waals surface area contributed by atoms with Crippen molar-refractivity contribution < 1.29 is 22.8 Å². The minimum absolute atomic E-state index is 0.232. The van der Waals surface area contributed by atoms with Gasteiger partial charge in [-0.15, -0.1) is 0 Å². The Morgan fingerprint density at radius 1 is 1.24 bits per heavy atom. The molecule has 0 aliphatic rings. The van der Waals surface area contributed by atoms with Crippen molar-refractivity contribution in [3.8, 4) is 6.07 Å². The molecular formula is C13H10F3N3O2. The van der Waals surface area contributed by atoms with Crippen LogP contribution in [-0.4, -0.2) is 23.6 Å². The lowest BCUT2D eigenvalue weighted by atomic mass is 10.1. The average molecular weight is 297 g/mol. The van der Waals surface area contributed by atoms with E-state index in [0.29, 0.717) is 0 Å². The van der Waals surface area contributed by atoms with E-state index in [2.05, 4.69) is 5.10 Å². The van der Waals surface area contributed by atoms with Gasteiger partial charge in [0.2, 0.25) is 5.78 Å². The van der Waals surface area contributed by atoms with E-state index in [4.69, 9.17) is 5.26 Å². The summed E-state index contributed by atoms with van der Waals surface area (Å²) in [7, 11) is 0. The van der Waals surface area contributed by atoms with E-state index in [9.17, 15) is 22.8 Å². The normalized spacial score (nSPS) is 11.6. The summed E-state index contributed by atoms with van der Waals surface area (Å²) in [5.74, 6) is -2.75. The van der Waals surface area contributed by atoms with Crippen LogP contribution in [0.4, 0.5) is 13.2 Å². The lowest BCUT2D eigenvalue weighted by Gasteiger charge is -2.08. The molecule has 5 nitrogen and oxygen atoms in total. The van der Waals surface area contributed by atoms with Crippen molar-refractivity contribution in [2.24, 2.45) is 5.10 Å². The molecule has 1 N–H and O–H groups in total. The molecule has 110 valence electrons. The fourth-order valence-corrected chi connectivity index (χ4v) is 1.33. The molecule has 1 aromatic rings. The van der Waals surface area contributed by atoms with E-state index in [0.717, 1.165) is 0 Å². The Labute approximate surface area is 118 Å². The maximum absolute atomic E-state index is 12.3. The molecule has 0 saturated heterocycles. The van der Waals surface area contributed by atoms with Gasteiger partial charge in [0.1, 0.15) is 6.42 Å². The van der Waals surface area contributed by atoms with E-state index in [1.807, 2.05) is 5.43 Å². The summed E-state index contributed by atoms with van der Waals surface area (Å²) < 4.78 is 36.9. The Hall–Kier alpha value is -2.69. The SMILES string of the molecule is N#CCC(=O)NN=C(CC(=O)C(F)(F)F)c1ccccc1. The van der Waals surface area contributed by atoms with Crippen LogP contribution in [-0.2, 0) is 9.59 Å². The van der Waals surface area contributed by atoms with Gasteiger partial charge in [0, 0.05) is 0 Å². The molecule has 0 saturated carbocycles. The van der Waals surface area contributed by atoms with E-state index in [1.54, 1.807) is 24.3 Å². The van der Waals surface area contributed by atoms with Crippen molar-refractivity contribution >= 4 is 17.4 Å². The predicted molar refractivity (Wildman–Crippen MR) is 67.0 cm³/mol. The Kier molecular flexibility index (Phi) is 5.60. The number of hydrogen-bond donors (Lipinski definition) is 1. The summed E-state index contributed by atoms with van der Waals surface area (Å²) >= 11 is 0. The van der Waals surface area contributed by atoms with Gasteiger partial charge in [0.05, 0.1) is 18.2 Å². The summed E-state index contributed by atoms with van der Waals surface area (Å²) in [5, 5.41) is 11.8. The molecule has 0 heterocycles. The fraction of sp³-hybridized carbons (Fsp3) is 0.231. The molecule has 0 unspecified atom stereocenters. The van der Waals surface area contributed by atoms with Crippen LogP contribution in [0.3, 0.4) is 0 Å². The molecule has 0 aliphatic heterocycles. The molecule has 1 aromatic carbocycles. The topological polar surface area (TPSA) is 82.3 Å². The van der Waals surface area contributed by atoms with E-state index in [-0.39, 0.29) is 11.3 Å². The van der Waals surface area contributed by atoms with E-state index >= 15 is 0 Å². The third-order valence-corrected chi connectivity index (χ3v) is 2.31. The molecule has 0 spiro atoms. The first-order valence-corrected chi connectivity index (χ1v) is 5.72. The van der Waals surface area contributed by atoms with E-state index in [1.165, 1.54) is 12.1 Å². The van der Waals surface area contributed by atoms with Gasteiger partial charge in [0.25, 0.3) is 5.91 Å². The largest absolute Gasteiger partial charge is 0.450 e. The van der Waals surface area contributed by atoms with Crippen molar-refractivity contribution in [3.05, 3.63) is 35.9 Å². The van der Waals surface area contributed by atoms with Crippen LogP contribution in [0.15, 0.2) is 35.4 Å². The number of nitrogens with one attached hydrogen (secondary N) is 1. The molecule has 8 heteroatoms. The quantitative estimate of drug-likeness (QED) is 0.666. The highest BCUT2D eigenvalue weighted by molar-refractivity contribution is 6.12. The number of halogens is 3. The van der Waals surface area contributed by atoms with Crippen molar-refractivity contribution in [2.45, 2.75) is 19.0 Å².